The Morgan fingerprint density at radius 3 is 2.72 bits per heavy atom. The van der Waals surface area contributed by atoms with E-state index in [4.69, 9.17) is 5.11 Å². The quantitative estimate of drug-likeness (QED) is 0.620. The molecule has 0 atom stereocenters. The van der Waals surface area contributed by atoms with Gasteiger partial charge in [0.1, 0.15) is 0 Å². The molecule has 1 N–H and O–H groups in total. The molecule has 0 amide bonds. The number of nitro groups is 1. The summed E-state index contributed by atoms with van der Waals surface area (Å²) in [4.78, 5) is 12.6. The van der Waals surface area contributed by atoms with Gasteiger partial charge >= 0.3 is 0 Å². The molecule has 100 valence electrons. The molecule has 0 aliphatic heterocycles. The highest BCUT2D eigenvalue weighted by Crippen LogP contribution is 2.24. The van der Waals surface area contributed by atoms with Crippen LogP contribution in [0, 0.1) is 10.1 Å². The predicted octanol–water partition coefficient (Wildman–Crippen LogP) is 2.56. The fraction of sp³-hybridized carbons (Fsp3) is 0.500. The molecule has 0 heterocycles. The molecule has 1 rings (SSSR count). The van der Waals surface area contributed by atoms with E-state index in [1.54, 1.807) is 12.1 Å². The Morgan fingerprint density at radius 2 is 2.17 bits per heavy atom. The standard InChI is InChI=1S/C12H17BrN2O3/c1-2-5-14(6-7-16)9-10-8-11(13)3-4-12(10)15(17)18/h3-4,8,16H,2,5-7,9H2,1H3. The zero-order valence-electron chi connectivity index (χ0n) is 10.3. The summed E-state index contributed by atoms with van der Waals surface area (Å²) in [5.74, 6) is 0. The number of rotatable bonds is 7. The van der Waals surface area contributed by atoms with Crippen molar-refractivity contribution >= 4 is 21.6 Å². The number of nitrogens with zero attached hydrogens (tertiary/aromatic N) is 2. The van der Waals surface area contributed by atoms with E-state index in [9.17, 15) is 10.1 Å². The molecular weight excluding hydrogens is 300 g/mol. The van der Waals surface area contributed by atoms with Gasteiger partial charge in [-0.2, -0.15) is 0 Å². The molecule has 0 unspecified atom stereocenters. The van der Waals surface area contributed by atoms with Crippen molar-refractivity contribution in [3.05, 3.63) is 38.3 Å². The number of aliphatic hydroxyl groups excluding tert-OH is 1. The minimum absolute atomic E-state index is 0.0573. The van der Waals surface area contributed by atoms with Crippen molar-refractivity contribution < 1.29 is 10.0 Å². The second kappa shape index (κ2) is 7.45. The SMILES string of the molecule is CCCN(CCO)Cc1cc(Br)ccc1[N+](=O)[O-]. The smallest absolute Gasteiger partial charge is 0.273 e. The van der Waals surface area contributed by atoms with Crippen molar-refractivity contribution in [2.45, 2.75) is 19.9 Å². The molecular formula is C12H17BrN2O3. The Kier molecular flexibility index (Phi) is 6.24. The summed E-state index contributed by atoms with van der Waals surface area (Å²) in [5, 5.41) is 19.9. The fourth-order valence-electron chi connectivity index (χ4n) is 1.83. The summed E-state index contributed by atoms with van der Waals surface area (Å²) in [6, 6.07) is 4.93. The van der Waals surface area contributed by atoms with Gasteiger partial charge in [-0.25, -0.2) is 0 Å². The number of nitro benzene ring substituents is 1. The Bertz CT molecular complexity index is 406. The number of hydrogen-bond donors (Lipinski definition) is 1. The highest BCUT2D eigenvalue weighted by molar-refractivity contribution is 9.10. The molecule has 1 aromatic carbocycles. The van der Waals surface area contributed by atoms with E-state index >= 15 is 0 Å². The molecule has 0 saturated carbocycles. The van der Waals surface area contributed by atoms with Gasteiger partial charge in [-0.3, -0.25) is 15.0 Å². The van der Waals surface area contributed by atoms with Gasteiger partial charge in [0.25, 0.3) is 5.69 Å². The number of aliphatic hydroxyl groups is 1. The summed E-state index contributed by atoms with van der Waals surface area (Å²) < 4.78 is 0.823. The van der Waals surface area contributed by atoms with E-state index in [1.165, 1.54) is 6.07 Å². The third-order valence-electron chi connectivity index (χ3n) is 2.59. The fourth-order valence-corrected chi connectivity index (χ4v) is 2.24. The number of halogens is 1. The lowest BCUT2D eigenvalue weighted by molar-refractivity contribution is -0.385. The van der Waals surface area contributed by atoms with Gasteiger partial charge in [0.05, 0.1) is 11.5 Å². The second-order valence-corrected chi connectivity index (χ2v) is 4.95. The maximum absolute atomic E-state index is 11.0. The van der Waals surface area contributed by atoms with Gasteiger partial charge < -0.3 is 5.11 Å². The van der Waals surface area contributed by atoms with Crippen molar-refractivity contribution in [2.24, 2.45) is 0 Å². The molecule has 0 aliphatic rings. The molecule has 1 aromatic rings. The zero-order valence-corrected chi connectivity index (χ0v) is 11.9. The molecule has 0 aromatic heterocycles. The van der Waals surface area contributed by atoms with E-state index in [0.717, 1.165) is 17.4 Å². The van der Waals surface area contributed by atoms with Crippen molar-refractivity contribution in [1.82, 2.24) is 4.90 Å². The second-order valence-electron chi connectivity index (χ2n) is 4.03. The van der Waals surface area contributed by atoms with Crippen LogP contribution in [0.1, 0.15) is 18.9 Å². The molecule has 0 radical (unpaired) electrons. The lowest BCUT2D eigenvalue weighted by atomic mass is 10.1. The predicted molar refractivity (Wildman–Crippen MR) is 73.5 cm³/mol. The average molecular weight is 317 g/mol. The highest BCUT2D eigenvalue weighted by atomic mass is 79.9. The van der Waals surface area contributed by atoms with E-state index in [1.807, 2.05) is 11.8 Å². The van der Waals surface area contributed by atoms with Gasteiger partial charge in [0.15, 0.2) is 0 Å². The van der Waals surface area contributed by atoms with Gasteiger partial charge in [-0.05, 0) is 25.1 Å². The van der Waals surface area contributed by atoms with Crippen molar-refractivity contribution in [2.75, 3.05) is 19.7 Å². The molecule has 5 nitrogen and oxygen atoms in total. The molecule has 6 heteroatoms. The summed E-state index contributed by atoms with van der Waals surface area (Å²) >= 11 is 3.32. The van der Waals surface area contributed by atoms with Gasteiger partial charge in [0, 0.05) is 29.2 Å². The van der Waals surface area contributed by atoms with Crippen molar-refractivity contribution in [3.8, 4) is 0 Å². The first-order chi connectivity index (χ1) is 8.58. The minimum atomic E-state index is -0.370. The summed E-state index contributed by atoms with van der Waals surface area (Å²) in [5.41, 5.74) is 0.786. The van der Waals surface area contributed by atoms with Crippen LogP contribution >= 0.6 is 15.9 Å². The third-order valence-corrected chi connectivity index (χ3v) is 3.08. The normalized spacial score (nSPS) is 10.9. The van der Waals surface area contributed by atoms with Crippen LogP contribution < -0.4 is 0 Å². The Labute approximate surface area is 115 Å². The topological polar surface area (TPSA) is 66.6 Å². The van der Waals surface area contributed by atoms with Crippen molar-refractivity contribution in [1.29, 1.82) is 0 Å². The lowest BCUT2D eigenvalue weighted by Gasteiger charge is -2.20. The van der Waals surface area contributed by atoms with Crippen LogP contribution in [-0.4, -0.2) is 34.6 Å². The van der Waals surface area contributed by atoms with Crippen LogP contribution in [0.2, 0.25) is 0 Å². The zero-order chi connectivity index (χ0) is 13.5. The van der Waals surface area contributed by atoms with E-state index in [2.05, 4.69) is 15.9 Å². The maximum atomic E-state index is 11.0. The van der Waals surface area contributed by atoms with E-state index < -0.39 is 0 Å². The lowest BCUT2D eigenvalue weighted by Crippen LogP contribution is -2.27. The largest absolute Gasteiger partial charge is 0.395 e. The Hall–Kier alpha value is -0.980. The highest BCUT2D eigenvalue weighted by Gasteiger charge is 2.16. The molecule has 0 aliphatic carbocycles. The van der Waals surface area contributed by atoms with Crippen LogP contribution in [0.25, 0.3) is 0 Å². The average Bonchev–Trinajstić information content (AvgIpc) is 2.29. The molecule has 0 bridgehead atoms. The van der Waals surface area contributed by atoms with E-state index in [0.29, 0.717) is 18.7 Å². The van der Waals surface area contributed by atoms with E-state index in [-0.39, 0.29) is 17.2 Å². The Balaban J connectivity index is 2.92. The maximum Gasteiger partial charge on any atom is 0.273 e. The van der Waals surface area contributed by atoms with Crippen LogP contribution in [0.5, 0.6) is 0 Å². The van der Waals surface area contributed by atoms with Crippen LogP contribution in [0.15, 0.2) is 22.7 Å². The minimum Gasteiger partial charge on any atom is -0.395 e. The molecule has 0 saturated heterocycles. The van der Waals surface area contributed by atoms with Crippen molar-refractivity contribution in [3.63, 3.8) is 0 Å². The summed E-state index contributed by atoms with van der Waals surface area (Å²) in [6.45, 7) is 3.91. The first kappa shape index (κ1) is 15.1. The van der Waals surface area contributed by atoms with Crippen LogP contribution in [-0.2, 0) is 6.54 Å². The van der Waals surface area contributed by atoms with Gasteiger partial charge in [-0.15, -0.1) is 0 Å². The third kappa shape index (κ3) is 4.36. The summed E-state index contributed by atoms with van der Waals surface area (Å²) in [7, 11) is 0. The number of hydrogen-bond acceptors (Lipinski definition) is 4. The summed E-state index contributed by atoms with van der Waals surface area (Å²) in [6.07, 6.45) is 0.946. The molecule has 0 spiro atoms. The Morgan fingerprint density at radius 1 is 1.44 bits per heavy atom. The van der Waals surface area contributed by atoms with Gasteiger partial charge in [-0.1, -0.05) is 22.9 Å². The number of benzene rings is 1. The first-order valence-electron chi connectivity index (χ1n) is 5.84. The van der Waals surface area contributed by atoms with Crippen LogP contribution in [0.4, 0.5) is 5.69 Å². The van der Waals surface area contributed by atoms with Crippen LogP contribution in [0.3, 0.4) is 0 Å². The monoisotopic (exact) mass is 316 g/mol. The first-order valence-corrected chi connectivity index (χ1v) is 6.63. The molecule has 0 fully saturated rings. The molecule has 18 heavy (non-hydrogen) atoms. The van der Waals surface area contributed by atoms with Gasteiger partial charge in [0.2, 0.25) is 0 Å².